The molecule has 0 atom stereocenters. The lowest BCUT2D eigenvalue weighted by molar-refractivity contribution is -0.126. The maximum atomic E-state index is 12.3. The maximum absolute atomic E-state index is 12.3. The van der Waals surface area contributed by atoms with Crippen molar-refractivity contribution in [2.24, 2.45) is 5.92 Å². The van der Waals surface area contributed by atoms with Crippen molar-refractivity contribution in [1.82, 2.24) is 14.8 Å². The van der Waals surface area contributed by atoms with Crippen molar-refractivity contribution in [3.63, 3.8) is 0 Å². The van der Waals surface area contributed by atoms with Gasteiger partial charge in [-0.25, -0.2) is 0 Å². The Labute approximate surface area is 164 Å². The molecule has 2 aromatic rings. The first-order chi connectivity index (χ1) is 12.6. The van der Waals surface area contributed by atoms with E-state index in [2.05, 4.69) is 17.1 Å². The average Bonchev–Trinajstić information content (AvgIpc) is 2.93. The molecule has 142 valence electrons. The normalized spacial score (nSPS) is 16.2. The maximum Gasteiger partial charge on any atom is 0.270 e. The van der Waals surface area contributed by atoms with Gasteiger partial charge in [0.1, 0.15) is 0 Å². The molecule has 1 amide bonds. The van der Waals surface area contributed by atoms with E-state index in [4.69, 9.17) is 28.2 Å². The molecule has 1 fully saturated rings. The highest BCUT2D eigenvalue weighted by Gasteiger charge is 2.25. The van der Waals surface area contributed by atoms with Gasteiger partial charge in [0.25, 0.3) is 4.84 Å². The van der Waals surface area contributed by atoms with E-state index in [-0.39, 0.29) is 11.8 Å². The van der Waals surface area contributed by atoms with Gasteiger partial charge in [-0.05, 0) is 43.6 Å². The molecule has 7 heteroatoms. The number of oxazole rings is 1. The number of unbranched alkanes of at least 4 members (excludes halogenated alkanes) is 2. The number of likely N-dealkylation sites (tertiary alicyclic amines) is 1. The summed E-state index contributed by atoms with van der Waals surface area (Å²) < 4.78 is 7.64. The molecule has 1 aromatic heterocycles. The van der Waals surface area contributed by atoms with Crippen molar-refractivity contribution in [3.05, 3.63) is 28.1 Å². The molecule has 0 unspecified atom stereocenters. The molecule has 3 rings (SSSR count). The Morgan fingerprint density at radius 2 is 2.12 bits per heavy atom. The highest BCUT2D eigenvalue weighted by Crippen LogP contribution is 2.24. The van der Waals surface area contributed by atoms with Gasteiger partial charge in [-0.2, -0.15) is 0 Å². The molecule has 2 heterocycles. The van der Waals surface area contributed by atoms with E-state index in [0.717, 1.165) is 44.4 Å². The van der Waals surface area contributed by atoms with Crippen molar-refractivity contribution in [1.29, 1.82) is 0 Å². The van der Waals surface area contributed by atoms with Crippen LogP contribution in [-0.2, 0) is 11.5 Å². The van der Waals surface area contributed by atoms with Crippen LogP contribution in [0.5, 0.6) is 0 Å². The van der Waals surface area contributed by atoms with Gasteiger partial charge in [-0.1, -0.05) is 31.4 Å². The van der Waals surface area contributed by atoms with E-state index in [0.29, 0.717) is 22.1 Å². The number of nitrogens with zero attached hydrogens (tertiary/aromatic N) is 2. The number of carbonyl (C=O) groups is 1. The number of nitrogens with one attached hydrogen (secondary N) is 1. The zero-order valence-corrected chi connectivity index (χ0v) is 16.7. The summed E-state index contributed by atoms with van der Waals surface area (Å²) in [6.45, 7) is 5.41. The number of carbonyl (C=O) groups excluding carboxylic acids is 1. The van der Waals surface area contributed by atoms with Crippen LogP contribution in [-0.4, -0.2) is 35.0 Å². The van der Waals surface area contributed by atoms with Crippen LogP contribution in [0.2, 0.25) is 5.02 Å². The minimum Gasteiger partial charge on any atom is -0.429 e. The fourth-order valence-corrected chi connectivity index (χ4v) is 3.85. The van der Waals surface area contributed by atoms with Gasteiger partial charge < -0.3 is 9.73 Å². The summed E-state index contributed by atoms with van der Waals surface area (Å²) in [4.78, 5) is 15.0. The summed E-state index contributed by atoms with van der Waals surface area (Å²) in [5, 5.41) is 3.72. The molecule has 26 heavy (non-hydrogen) atoms. The van der Waals surface area contributed by atoms with Crippen molar-refractivity contribution in [2.75, 3.05) is 19.6 Å². The molecule has 1 aliphatic heterocycles. The van der Waals surface area contributed by atoms with E-state index >= 15 is 0 Å². The van der Waals surface area contributed by atoms with Crippen LogP contribution >= 0.6 is 23.8 Å². The van der Waals surface area contributed by atoms with Crippen molar-refractivity contribution >= 4 is 40.8 Å². The van der Waals surface area contributed by atoms with E-state index < -0.39 is 0 Å². The smallest absolute Gasteiger partial charge is 0.270 e. The molecule has 1 N–H and O–H groups in total. The van der Waals surface area contributed by atoms with Crippen molar-refractivity contribution < 1.29 is 9.21 Å². The van der Waals surface area contributed by atoms with Crippen LogP contribution in [0.4, 0.5) is 0 Å². The number of benzene rings is 1. The molecule has 1 aliphatic rings. The summed E-state index contributed by atoms with van der Waals surface area (Å²) in [6.07, 6.45) is 5.18. The fraction of sp³-hybridized carbons (Fsp3) is 0.579. The van der Waals surface area contributed by atoms with Crippen LogP contribution in [0.15, 0.2) is 22.6 Å². The number of halogens is 1. The third kappa shape index (κ3) is 4.67. The van der Waals surface area contributed by atoms with Crippen molar-refractivity contribution in [3.8, 4) is 0 Å². The Kier molecular flexibility index (Phi) is 6.73. The van der Waals surface area contributed by atoms with Crippen LogP contribution < -0.4 is 5.32 Å². The quantitative estimate of drug-likeness (QED) is 0.550. The molecule has 0 saturated carbocycles. The van der Waals surface area contributed by atoms with E-state index in [1.807, 2.05) is 16.7 Å². The van der Waals surface area contributed by atoms with Crippen LogP contribution in [0.25, 0.3) is 11.1 Å². The second-order valence-electron chi connectivity index (χ2n) is 6.94. The molecule has 1 aromatic carbocycles. The number of rotatable bonds is 7. The second-order valence-corrected chi connectivity index (χ2v) is 7.73. The Bertz CT molecular complexity index is 809. The molecule has 5 nitrogen and oxygen atoms in total. The molecular weight excluding hydrogens is 370 g/mol. The second kappa shape index (κ2) is 9.02. The van der Waals surface area contributed by atoms with E-state index in [9.17, 15) is 4.79 Å². The van der Waals surface area contributed by atoms with E-state index in [1.165, 1.54) is 12.8 Å². The van der Waals surface area contributed by atoms with Crippen LogP contribution in [0.3, 0.4) is 0 Å². The summed E-state index contributed by atoms with van der Waals surface area (Å²) in [5.41, 5.74) is 1.67. The molecule has 0 aliphatic carbocycles. The molecule has 0 bridgehead atoms. The largest absolute Gasteiger partial charge is 0.429 e. The number of amides is 1. The zero-order chi connectivity index (χ0) is 18.5. The standard InChI is InChI=1S/C19H26ClN3O2S/c1-2-3-4-9-21-18(24)14-7-10-22(11-8-14)13-23-16-6-5-15(20)12-17(16)25-19(23)26/h5-6,12,14H,2-4,7-11,13H2,1H3,(H,21,24). The predicted octanol–water partition coefficient (Wildman–Crippen LogP) is 4.59. The minimum atomic E-state index is 0.126. The molecule has 0 radical (unpaired) electrons. The highest BCUT2D eigenvalue weighted by atomic mass is 35.5. The number of hydrogen-bond donors (Lipinski definition) is 1. The number of hydrogen-bond acceptors (Lipinski definition) is 4. The Morgan fingerprint density at radius 3 is 2.85 bits per heavy atom. The first-order valence-electron chi connectivity index (χ1n) is 9.37. The average molecular weight is 396 g/mol. The van der Waals surface area contributed by atoms with Gasteiger partial charge in [0.2, 0.25) is 5.91 Å². The van der Waals surface area contributed by atoms with Gasteiger partial charge in [0.05, 0.1) is 12.2 Å². The Balaban J connectivity index is 1.54. The number of piperidine rings is 1. The highest BCUT2D eigenvalue weighted by molar-refractivity contribution is 7.71. The lowest BCUT2D eigenvalue weighted by Gasteiger charge is -2.31. The summed E-state index contributed by atoms with van der Waals surface area (Å²) >= 11 is 11.4. The fourth-order valence-electron chi connectivity index (χ4n) is 3.44. The van der Waals surface area contributed by atoms with E-state index in [1.54, 1.807) is 6.07 Å². The van der Waals surface area contributed by atoms with Gasteiger partial charge in [0.15, 0.2) is 5.58 Å². The molecular formula is C19H26ClN3O2S. The van der Waals surface area contributed by atoms with Crippen LogP contribution in [0, 0.1) is 10.8 Å². The lowest BCUT2D eigenvalue weighted by atomic mass is 9.96. The van der Waals surface area contributed by atoms with Crippen molar-refractivity contribution in [2.45, 2.75) is 45.7 Å². The zero-order valence-electron chi connectivity index (χ0n) is 15.2. The first-order valence-corrected chi connectivity index (χ1v) is 10.2. The first kappa shape index (κ1) is 19.4. The van der Waals surface area contributed by atoms with Crippen LogP contribution in [0.1, 0.15) is 39.0 Å². The Hall–Kier alpha value is -1.37. The summed E-state index contributed by atoms with van der Waals surface area (Å²) in [5.74, 6) is 0.335. The van der Waals surface area contributed by atoms with Gasteiger partial charge in [-0.3, -0.25) is 14.3 Å². The third-order valence-corrected chi connectivity index (χ3v) is 5.55. The summed E-state index contributed by atoms with van der Waals surface area (Å²) in [6, 6.07) is 5.57. The molecule has 0 spiro atoms. The molecule has 1 saturated heterocycles. The lowest BCUT2D eigenvalue weighted by Crippen LogP contribution is -2.41. The Morgan fingerprint density at radius 1 is 1.35 bits per heavy atom. The topological polar surface area (TPSA) is 50.4 Å². The van der Waals surface area contributed by atoms with Gasteiger partial charge >= 0.3 is 0 Å². The monoisotopic (exact) mass is 395 g/mol. The predicted molar refractivity (Wildman–Crippen MR) is 107 cm³/mol. The van der Waals surface area contributed by atoms with Gasteiger partial charge in [-0.15, -0.1) is 0 Å². The number of fused-ring (bicyclic) bond motifs is 1. The SMILES string of the molecule is CCCCCNC(=O)C1CCN(Cn2c(=S)oc3cc(Cl)ccc32)CC1. The summed E-state index contributed by atoms with van der Waals surface area (Å²) in [7, 11) is 0. The number of aromatic nitrogens is 1. The van der Waals surface area contributed by atoms with Gasteiger partial charge in [0, 0.05) is 36.6 Å². The third-order valence-electron chi connectivity index (χ3n) is 5.01. The minimum absolute atomic E-state index is 0.126.